The number of likely N-dealkylation sites (N-methyl/N-ethyl adjacent to an activating group) is 1. The van der Waals surface area contributed by atoms with Crippen LogP contribution in [0.15, 0.2) is 30.6 Å². The fraction of sp³-hybridized carbons (Fsp3) is 0.500. The molecule has 0 fully saturated rings. The first-order valence-corrected chi connectivity index (χ1v) is 7.03. The summed E-state index contributed by atoms with van der Waals surface area (Å²) < 4.78 is 7.41. The third kappa shape index (κ3) is 2.92. The first kappa shape index (κ1) is 13.9. The Hall–Kier alpha value is -1.48. The van der Waals surface area contributed by atoms with E-state index in [0.29, 0.717) is 6.04 Å². The minimum atomic E-state index is 0.610. The molecule has 0 saturated heterocycles. The Kier molecular flexibility index (Phi) is 4.48. The molecule has 2 rings (SSSR count). The van der Waals surface area contributed by atoms with E-state index in [9.17, 15) is 0 Å². The van der Waals surface area contributed by atoms with Crippen molar-refractivity contribution in [2.45, 2.75) is 32.7 Å². The lowest BCUT2D eigenvalue weighted by molar-refractivity contribution is 0.246. The number of ether oxygens (including phenoxy) is 1. The zero-order valence-corrected chi connectivity index (χ0v) is 12.4. The number of aromatic nitrogens is 1. The van der Waals surface area contributed by atoms with Crippen LogP contribution in [0.5, 0.6) is 5.75 Å². The highest BCUT2D eigenvalue weighted by molar-refractivity contribution is 5.57. The van der Waals surface area contributed by atoms with Crippen molar-refractivity contribution in [2.24, 2.45) is 0 Å². The molecule has 19 heavy (non-hydrogen) atoms. The van der Waals surface area contributed by atoms with Crippen LogP contribution in [-0.4, -0.2) is 36.0 Å². The summed E-state index contributed by atoms with van der Waals surface area (Å²) in [7, 11) is 3.91. The van der Waals surface area contributed by atoms with E-state index in [1.54, 1.807) is 7.11 Å². The Bertz CT molecular complexity index is 533. The summed E-state index contributed by atoms with van der Waals surface area (Å²) in [6.07, 6.45) is 6.43. The molecule has 0 saturated carbocycles. The number of hydrogen-bond acceptors (Lipinski definition) is 2. The van der Waals surface area contributed by atoms with Crippen molar-refractivity contribution in [1.29, 1.82) is 0 Å². The molecule has 0 radical (unpaired) electrons. The standard InChI is InChI=1S/C16H24N2O/c1-5-14(17(3)6-2)11-13-9-10-18-12-15(19-4)7-8-16(13)18/h7-10,12,14H,5-6,11H2,1-4H3. The summed E-state index contributed by atoms with van der Waals surface area (Å²) >= 11 is 0. The largest absolute Gasteiger partial charge is 0.495 e. The average molecular weight is 260 g/mol. The minimum absolute atomic E-state index is 0.610. The quantitative estimate of drug-likeness (QED) is 0.793. The number of nitrogens with zero attached hydrogens (tertiary/aromatic N) is 2. The third-order valence-electron chi connectivity index (χ3n) is 4.00. The van der Waals surface area contributed by atoms with Gasteiger partial charge in [0.15, 0.2) is 0 Å². The topological polar surface area (TPSA) is 16.9 Å². The molecule has 2 aromatic rings. The molecule has 3 heteroatoms. The highest BCUT2D eigenvalue weighted by atomic mass is 16.5. The highest BCUT2D eigenvalue weighted by Gasteiger charge is 2.14. The van der Waals surface area contributed by atoms with Crippen LogP contribution in [0.2, 0.25) is 0 Å². The molecule has 3 nitrogen and oxygen atoms in total. The van der Waals surface area contributed by atoms with Gasteiger partial charge in [-0.25, -0.2) is 0 Å². The number of hydrogen-bond donors (Lipinski definition) is 0. The Morgan fingerprint density at radius 1 is 1.26 bits per heavy atom. The second kappa shape index (κ2) is 6.11. The summed E-state index contributed by atoms with van der Waals surface area (Å²) in [4.78, 5) is 2.42. The van der Waals surface area contributed by atoms with Crippen LogP contribution >= 0.6 is 0 Å². The van der Waals surface area contributed by atoms with Gasteiger partial charge in [0.25, 0.3) is 0 Å². The fourth-order valence-electron chi connectivity index (χ4n) is 2.57. The molecule has 2 heterocycles. The summed E-state index contributed by atoms with van der Waals surface area (Å²) in [5, 5.41) is 0. The molecule has 0 amide bonds. The van der Waals surface area contributed by atoms with Gasteiger partial charge in [-0.05, 0) is 50.2 Å². The minimum Gasteiger partial charge on any atom is -0.495 e. The molecule has 0 aliphatic heterocycles. The van der Waals surface area contributed by atoms with Crippen LogP contribution in [-0.2, 0) is 6.42 Å². The van der Waals surface area contributed by atoms with E-state index in [-0.39, 0.29) is 0 Å². The van der Waals surface area contributed by atoms with Crippen LogP contribution in [0.4, 0.5) is 0 Å². The average Bonchev–Trinajstić information content (AvgIpc) is 2.85. The zero-order valence-electron chi connectivity index (χ0n) is 12.4. The summed E-state index contributed by atoms with van der Waals surface area (Å²) in [5.74, 6) is 0.896. The van der Waals surface area contributed by atoms with E-state index < -0.39 is 0 Å². The van der Waals surface area contributed by atoms with E-state index in [4.69, 9.17) is 4.74 Å². The molecule has 0 aromatic carbocycles. The molecule has 1 unspecified atom stereocenters. The monoisotopic (exact) mass is 260 g/mol. The summed E-state index contributed by atoms with van der Waals surface area (Å²) in [6, 6.07) is 7.01. The number of pyridine rings is 1. The highest BCUT2D eigenvalue weighted by Crippen LogP contribution is 2.20. The second-order valence-corrected chi connectivity index (χ2v) is 5.04. The van der Waals surface area contributed by atoms with Crippen molar-refractivity contribution in [1.82, 2.24) is 9.30 Å². The molecule has 1 atom stereocenters. The van der Waals surface area contributed by atoms with E-state index in [0.717, 1.165) is 18.7 Å². The normalized spacial score (nSPS) is 13.1. The fourth-order valence-corrected chi connectivity index (χ4v) is 2.57. The predicted molar refractivity (Wildman–Crippen MR) is 80.0 cm³/mol. The summed E-state index contributed by atoms with van der Waals surface area (Å²) in [6.45, 7) is 5.57. The third-order valence-corrected chi connectivity index (χ3v) is 4.00. The van der Waals surface area contributed by atoms with Crippen LogP contribution in [0.25, 0.3) is 5.52 Å². The van der Waals surface area contributed by atoms with E-state index in [2.05, 4.69) is 48.5 Å². The predicted octanol–water partition coefficient (Wildman–Crippen LogP) is 3.22. The van der Waals surface area contributed by atoms with E-state index in [1.165, 1.54) is 17.5 Å². The smallest absolute Gasteiger partial charge is 0.135 e. The van der Waals surface area contributed by atoms with Crippen LogP contribution in [0.1, 0.15) is 25.8 Å². The van der Waals surface area contributed by atoms with Gasteiger partial charge in [-0.1, -0.05) is 13.8 Å². The molecule has 104 valence electrons. The lowest BCUT2D eigenvalue weighted by Crippen LogP contribution is -2.32. The lowest BCUT2D eigenvalue weighted by Gasteiger charge is -2.25. The summed E-state index contributed by atoms with van der Waals surface area (Å²) in [5.41, 5.74) is 2.69. The van der Waals surface area contributed by atoms with Crippen molar-refractivity contribution < 1.29 is 4.74 Å². The molecule has 0 N–H and O–H groups in total. The Balaban J connectivity index is 2.25. The lowest BCUT2D eigenvalue weighted by atomic mass is 10.0. The van der Waals surface area contributed by atoms with Crippen LogP contribution in [0.3, 0.4) is 0 Å². The van der Waals surface area contributed by atoms with Gasteiger partial charge in [0.2, 0.25) is 0 Å². The van der Waals surface area contributed by atoms with Gasteiger partial charge in [-0.15, -0.1) is 0 Å². The molecular formula is C16H24N2O. The van der Waals surface area contributed by atoms with Gasteiger partial charge in [0.1, 0.15) is 5.75 Å². The van der Waals surface area contributed by atoms with Gasteiger partial charge in [0, 0.05) is 17.8 Å². The first-order valence-electron chi connectivity index (χ1n) is 7.03. The number of methoxy groups -OCH3 is 1. The SMILES string of the molecule is CCC(Cc1ccn2cc(OC)ccc12)N(C)CC. The Labute approximate surface area is 115 Å². The molecule has 0 aliphatic carbocycles. The zero-order chi connectivity index (χ0) is 13.8. The molecule has 2 aromatic heterocycles. The maximum absolute atomic E-state index is 5.26. The number of fused-ring (bicyclic) bond motifs is 1. The number of rotatable bonds is 6. The van der Waals surface area contributed by atoms with E-state index >= 15 is 0 Å². The van der Waals surface area contributed by atoms with Gasteiger partial charge < -0.3 is 14.0 Å². The van der Waals surface area contributed by atoms with Crippen molar-refractivity contribution in [2.75, 3.05) is 20.7 Å². The molecular weight excluding hydrogens is 236 g/mol. The van der Waals surface area contributed by atoms with Crippen molar-refractivity contribution in [3.63, 3.8) is 0 Å². The van der Waals surface area contributed by atoms with Gasteiger partial charge in [0.05, 0.1) is 13.3 Å². The molecule has 0 bridgehead atoms. The van der Waals surface area contributed by atoms with Gasteiger partial charge in [-0.2, -0.15) is 0 Å². The second-order valence-electron chi connectivity index (χ2n) is 5.04. The Morgan fingerprint density at radius 2 is 2.05 bits per heavy atom. The maximum atomic E-state index is 5.26. The Morgan fingerprint density at radius 3 is 2.68 bits per heavy atom. The van der Waals surface area contributed by atoms with Crippen LogP contribution < -0.4 is 4.74 Å². The maximum Gasteiger partial charge on any atom is 0.135 e. The van der Waals surface area contributed by atoms with Crippen molar-refractivity contribution in [3.05, 3.63) is 36.2 Å². The molecule has 0 spiro atoms. The molecule has 0 aliphatic rings. The first-order chi connectivity index (χ1) is 9.19. The van der Waals surface area contributed by atoms with Crippen molar-refractivity contribution >= 4 is 5.52 Å². The van der Waals surface area contributed by atoms with Gasteiger partial charge in [-0.3, -0.25) is 0 Å². The van der Waals surface area contributed by atoms with Gasteiger partial charge >= 0.3 is 0 Å². The van der Waals surface area contributed by atoms with Crippen molar-refractivity contribution in [3.8, 4) is 5.75 Å². The van der Waals surface area contributed by atoms with E-state index in [1.807, 2.05) is 12.3 Å². The van der Waals surface area contributed by atoms with Crippen LogP contribution in [0, 0.1) is 0 Å².